The third-order valence-electron chi connectivity index (χ3n) is 7.59. The quantitative estimate of drug-likeness (QED) is 0.209. The van der Waals surface area contributed by atoms with Gasteiger partial charge in [-0.05, 0) is 81.3 Å². The Hall–Kier alpha value is -3.94. The van der Waals surface area contributed by atoms with Crippen molar-refractivity contribution in [2.45, 2.75) is 83.8 Å². The molecule has 0 radical (unpaired) electrons. The highest BCUT2D eigenvalue weighted by Crippen LogP contribution is 2.30. The first-order valence-electron chi connectivity index (χ1n) is 14.2. The van der Waals surface area contributed by atoms with E-state index in [1.165, 1.54) is 12.5 Å². The van der Waals surface area contributed by atoms with Crippen molar-refractivity contribution < 1.29 is 14.4 Å². The molecule has 2 aromatic carbocycles. The summed E-state index contributed by atoms with van der Waals surface area (Å²) in [6.45, 7) is 5.12. The van der Waals surface area contributed by atoms with E-state index in [9.17, 15) is 14.4 Å². The third-order valence-corrected chi connectivity index (χ3v) is 7.59. The average Bonchev–Trinajstić information content (AvgIpc) is 3.17. The molecular formula is C32H41N5O3. The van der Waals surface area contributed by atoms with Gasteiger partial charge in [0.2, 0.25) is 17.7 Å². The molecule has 4 bridgehead atoms. The van der Waals surface area contributed by atoms with Crippen molar-refractivity contribution in [1.29, 1.82) is 5.41 Å². The monoisotopic (exact) mass is 543 g/mol. The van der Waals surface area contributed by atoms with Crippen LogP contribution >= 0.6 is 0 Å². The maximum absolute atomic E-state index is 13.5. The van der Waals surface area contributed by atoms with Crippen LogP contribution in [-0.4, -0.2) is 46.1 Å². The molecule has 4 rings (SSSR count). The topological polar surface area (TPSA) is 116 Å². The Bertz CT molecular complexity index is 1450. The first-order chi connectivity index (χ1) is 19.1. The van der Waals surface area contributed by atoms with Gasteiger partial charge in [0.25, 0.3) is 0 Å². The van der Waals surface area contributed by atoms with Crippen LogP contribution in [0.15, 0.2) is 48.6 Å². The van der Waals surface area contributed by atoms with E-state index in [-0.39, 0.29) is 23.8 Å². The number of hydrogen-bond acceptors (Lipinski definition) is 4. The molecule has 0 saturated carbocycles. The Morgan fingerprint density at radius 1 is 0.975 bits per heavy atom. The lowest BCUT2D eigenvalue weighted by Crippen LogP contribution is -2.55. The number of carbonyl (C=O) groups excluding carboxylic acids is 3. The van der Waals surface area contributed by atoms with Gasteiger partial charge in [0, 0.05) is 54.0 Å². The molecular weight excluding hydrogens is 502 g/mol. The molecule has 0 aliphatic carbocycles. The number of benzene rings is 2. The van der Waals surface area contributed by atoms with Crippen LogP contribution in [0.1, 0.15) is 64.0 Å². The van der Waals surface area contributed by atoms with E-state index in [0.29, 0.717) is 37.8 Å². The molecule has 4 N–H and O–H groups in total. The van der Waals surface area contributed by atoms with E-state index < -0.39 is 12.1 Å². The minimum absolute atomic E-state index is 0.104. The minimum atomic E-state index is -0.821. The Morgan fingerprint density at radius 2 is 1.65 bits per heavy atom. The molecule has 3 amide bonds. The highest BCUT2D eigenvalue weighted by atomic mass is 16.2. The Morgan fingerprint density at radius 3 is 2.33 bits per heavy atom. The third kappa shape index (κ3) is 7.17. The largest absolute Gasteiger partial charge is 0.352 e. The van der Waals surface area contributed by atoms with Crippen LogP contribution in [-0.2, 0) is 34.3 Å². The van der Waals surface area contributed by atoms with Gasteiger partial charge in [0.1, 0.15) is 12.1 Å². The molecule has 0 fully saturated rings. The van der Waals surface area contributed by atoms with Crippen LogP contribution in [0.2, 0.25) is 0 Å². The molecule has 40 heavy (non-hydrogen) atoms. The van der Waals surface area contributed by atoms with Crippen molar-refractivity contribution in [2.24, 2.45) is 7.05 Å². The van der Waals surface area contributed by atoms with Crippen molar-refractivity contribution in [2.75, 3.05) is 0 Å². The van der Waals surface area contributed by atoms with Crippen LogP contribution in [0.4, 0.5) is 0 Å². The van der Waals surface area contributed by atoms with Gasteiger partial charge in [-0.3, -0.25) is 14.4 Å². The van der Waals surface area contributed by atoms with Crippen LogP contribution in [0.25, 0.3) is 21.8 Å². The number of unbranched alkanes of at least 4 members (excludes halogenated alkanes) is 1. The summed E-state index contributed by atoms with van der Waals surface area (Å²) in [7, 11) is 2.06. The lowest BCUT2D eigenvalue weighted by atomic mass is 10.00. The molecule has 8 nitrogen and oxygen atoms in total. The van der Waals surface area contributed by atoms with Gasteiger partial charge in [-0.1, -0.05) is 30.7 Å². The van der Waals surface area contributed by atoms with Gasteiger partial charge in [-0.2, -0.15) is 0 Å². The lowest BCUT2D eigenvalue weighted by molar-refractivity contribution is -0.132. The number of nitrogens with one attached hydrogen (secondary N) is 4. The molecule has 1 aromatic heterocycles. The lowest BCUT2D eigenvalue weighted by Gasteiger charge is -2.24. The van der Waals surface area contributed by atoms with E-state index >= 15 is 0 Å². The fraction of sp³-hybridized carbons (Fsp3) is 0.438. The standard InChI is InChI=1S/C32H41N5O3/c1-20(33)9-5-8-12-27-31(39)34-21(2)10-6-7-11-23-13-15-29-25(17-23)26-18-24(14-16-30(26)37(29)4)19-28(32(40)36-27)35-22(3)38/h6-7,13-18,21,27-28,33H,5,8-12,19H2,1-4H3,(H,34,39)(H,35,38)(H,36,40)/t21-,27-,28?/m1/s1. The predicted octanol–water partition coefficient (Wildman–Crippen LogP) is 4.47. The zero-order valence-electron chi connectivity index (χ0n) is 24.0. The maximum Gasteiger partial charge on any atom is 0.243 e. The molecule has 0 spiro atoms. The normalized spacial score (nSPS) is 20.4. The Labute approximate surface area is 236 Å². The van der Waals surface area contributed by atoms with Gasteiger partial charge in [0.05, 0.1) is 0 Å². The number of nitrogens with zero attached hydrogens (tertiary/aromatic N) is 1. The van der Waals surface area contributed by atoms with E-state index in [1.807, 2.05) is 13.0 Å². The summed E-state index contributed by atoms with van der Waals surface area (Å²) in [6.07, 6.45) is 8.60. The molecule has 3 atom stereocenters. The number of fused-ring (bicyclic) bond motifs is 2. The van der Waals surface area contributed by atoms with Crippen LogP contribution in [0.5, 0.6) is 0 Å². The summed E-state index contributed by atoms with van der Waals surface area (Å²) in [4.78, 5) is 38.9. The fourth-order valence-electron chi connectivity index (χ4n) is 5.46. The molecule has 0 saturated heterocycles. The first kappa shape index (κ1) is 29.1. The van der Waals surface area contributed by atoms with Crippen molar-refractivity contribution in [3.05, 3.63) is 59.7 Å². The second-order valence-electron chi connectivity index (χ2n) is 11.1. The summed E-state index contributed by atoms with van der Waals surface area (Å²) >= 11 is 0. The Kier molecular flexibility index (Phi) is 9.40. The summed E-state index contributed by atoms with van der Waals surface area (Å²) in [5.41, 5.74) is 4.98. The fourth-order valence-corrected chi connectivity index (χ4v) is 5.46. The highest BCUT2D eigenvalue weighted by molar-refractivity contribution is 6.08. The average molecular weight is 544 g/mol. The molecule has 1 aliphatic heterocycles. The number of aromatic nitrogens is 1. The number of allylic oxidation sites excluding steroid dienone is 1. The number of aryl methyl sites for hydroxylation is 1. The van der Waals surface area contributed by atoms with Gasteiger partial charge < -0.3 is 25.9 Å². The van der Waals surface area contributed by atoms with Crippen molar-refractivity contribution in [3.63, 3.8) is 0 Å². The SMILES string of the molecule is CC(=N)CCCC[C@H]1NC(=O)C(NC(C)=O)Cc2ccc3c(c2)c2cc(ccc2n3C)CC=CC[C@@H](C)NC1=O. The summed E-state index contributed by atoms with van der Waals surface area (Å²) in [6, 6.07) is 11.0. The molecule has 3 aromatic rings. The van der Waals surface area contributed by atoms with Gasteiger partial charge >= 0.3 is 0 Å². The van der Waals surface area contributed by atoms with Crippen LogP contribution in [0.3, 0.4) is 0 Å². The predicted molar refractivity (Wildman–Crippen MR) is 161 cm³/mol. The van der Waals surface area contributed by atoms with Crippen LogP contribution in [0, 0.1) is 5.41 Å². The van der Waals surface area contributed by atoms with E-state index in [1.54, 1.807) is 6.92 Å². The summed E-state index contributed by atoms with van der Waals surface area (Å²) < 4.78 is 2.18. The minimum Gasteiger partial charge on any atom is -0.352 e. The highest BCUT2D eigenvalue weighted by Gasteiger charge is 2.27. The van der Waals surface area contributed by atoms with Gasteiger partial charge in [-0.25, -0.2) is 0 Å². The number of hydrogen-bond donors (Lipinski definition) is 4. The second kappa shape index (κ2) is 12.9. The second-order valence-corrected chi connectivity index (χ2v) is 11.1. The van der Waals surface area contributed by atoms with Crippen molar-refractivity contribution in [3.8, 4) is 0 Å². The smallest absolute Gasteiger partial charge is 0.243 e. The van der Waals surface area contributed by atoms with Crippen molar-refractivity contribution in [1.82, 2.24) is 20.5 Å². The van der Waals surface area contributed by atoms with Gasteiger partial charge in [0.15, 0.2) is 0 Å². The molecule has 1 aliphatic rings. The maximum atomic E-state index is 13.5. The zero-order chi connectivity index (χ0) is 28.8. The Balaban J connectivity index is 1.70. The first-order valence-corrected chi connectivity index (χ1v) is 14.2. The zero-order valence-corrected chi connectivity index (χ0v) is 24.0. The molecule has 2 heterocycles. The van der Waals surface area contributed by atoms with E-state index in [0.717, 1.165) is 40.2 Å². The van der Waals surface area contributed by atoms with Crippen LogP contribution < -0.4 is 16.0 Å². The van der Waals surface area contributed by atoms with E-state index in [2.05, 4.69) is 70.0 Å². The molecule has 8 heteroatoms. The number of rotatable bonds is 6. The number of amides is 3. The van der Waals surface area contributed by atoms with E-state index in [4.69, 9.17) is 5.41 Å². The van der Waals surface area contributed by atoms with Gasteiger partial charge in [-0.15, -0.1) is 0 Å². The van der Waals surface area contributed by atoms with Crippen molar-refractivity contribution >= 4 is 45.2 Å². The number of carbonyl (C=O) groups is 3. The summed E-state index contributed by atoms with van der Waals surface area (Å²) in [5.74, 6) is -0.919. The molecule has 1 unspecified atom stereocenters. The molecule has 212 valence electrons. The summed E-state index contributed by atoms with van der Waals surface area (Å²) in [5, 5.41) is 18.7.